The van der Waals surface area contributed by atoms with Gasteiger partial charge < -0.3 is 5.11 Å². The van der Waals surface area contributed by atoms with Crippen molar-refractivity contribution in [2.75, 3.05) is 6.61 Å². The second-order valence-corrected chi connectivity index (χ2v) is 6.07. The Morgan fingerprint density at radius 1 is 1.39 bits per heavy atom. The lowest BCUT2D eigenvalue weighted by molar-refractivity contribution is 0.223. The van der Waals surface area contributed by atoms with Crippen LogP contribution in [0.2, 0.25) is 0 Å². The zero-order valence-corrected chi connectivity index (χ0v) is 11.4. The molecule has 1 rings (SSSR count). The number of benzene rings is 1. The summed E-state index contributed by atoms with van der Waals surface area (Å²) in [5, 5.41) is 9.06. The molecule has 1 aromatic rings. The lowest BCUT2D eigenvalue weighted by Crippen LogP contribution is -2.39. The first-order chi connectivity index (χ1) is 8.40. The third kappa shape index (κ3) is 3.66. The van der Waals surface area contributed by atoms with Crippen LogP contribution in [0.1, 0.15) is 12.5 Å². The Kier molecular flexibility index (Phi) is 5.07. The highest BCUT2D eigenvalue weighted by Gasteiger charge is 2.21. The van der Waals surface area contributed by atoms with Gasteiger partial charge in [0, 0.05) is 12.6 Å². The molecule has 2 atom stereocenters. The van der Waals surface area contributed by atoms with Gasteiger partial charge in [-0.05, 0) is 25.0 Å². The Morgan fingerprint density at radius 3 is 2.39 bits per heavy atom. The van der Waals surface area contributed by atoms with Crippen LogP contribution in [0.4, 0.5) is 0 Å². The molecular weight excluding hydrogens is 250 g/mol. The van der Waals surface area contributed by atoms with E-state index in [2.05, 4.69) is 11.3 Å². The van der Waals surface area contributed by atoms with Crippen molar-refractivity contribution in [1.29, 1.82) is 0 Å². The van der Waals surface area contributed by atoms with Crippen LogP contribution in [0.25, 0.3) is 0 Å². The highest BCUT2D eigenvalue weighted by atomic mass is 32.2. The molecule has 0 aromatic heterocycles. The fraction of sp³-hybridized carbons (Fsp3) is 0.385. The van der Waals surface area contributed by atoms with E-state index in [1.165, 1.54) is 6.08 Å². The van der Waals surface area contributed by atoms with Crippen LogP contribution in [0, 0.1) is 12.8 Å². The molecule has 0 aliphatic heterocycles. The van der Waals surface area contributed by atoms with Crippen molar-refractivity contribution in [3.8, 4) is 0 Å². The maximum Gasteiger partial charge on any atom is 0.241 e. The lowest BCUT2D eigenvalue weighted by Gasteiger charge is -2.20. The third-order valence-electron chi connectivity index (χ3n) is 2.78. The van der Waals surface area contributed by atoms with Crippen LogP contribution >= 0.6 is 0 Å². The molecule has 0 saturated carbocycles. The van der Waals surface area contributed by atoms with Gasteiger partial charge in [0.05, 0.1) is 4.90 Å². The van der Waals surface area contributed by atoms with Gasteiger partial charge in [0.15, 0.2) is 0 Å². The van der Waals surface area contributed by atoms with Crippen LogP contribution in [0.5, 0.6) is 0 Å². The fourth-order valence-electron chi connectivity index (χ4n) is 1.47. The van der Waals surface area contributed by atoms with Crippen molar-refractivity contribution in [1.82, 2.24) is 4.72 Å². The maximum absolute atomic E-state index is 12.1. The van der Waals surface area contributed by atoms with Crippen LogP contribution < -0.4 is 4.72 Å². The highest BCUT2D eigenvalue weighted by Crippen LogP contribution is 2.13. The molecule has 0 unspecified atom stereocenters. The van der Waals surface area contributed by atoms with Crippen molar-refractivity contribution in [3.05, 3.63) is 42.5 Å². The average Bonchev–Trinajstić information content (AvgIpc) is 2.35. The minimum Gasteiger partial charge on any atom is -0.396 e. The van der Waals surface area contributed by atoms with E-state index in [1.807, 2.05) is 6.92 Å². The molecule has 100 valence electrons. The number of rotatable bonds is 6. The molecule has 0 saturated heterocycles. The standard InChI is InChI=1S/C13H19NO3S/c1-4-13(11(3)9-15)14-18(16,17)12-7-5-10(2)6-8-12/h4-8,11,13-15H,1,9H2,2-3H3/t11-,13-/m0/s1. The van der Waals surface area contributed by atoms with E-state index in [-0.39, 0.29) is 17.4 Å². The topological polar surface area (TPSA) is 66.4 Å². The summed E-state index contributed by atoms with van der Waals surface area (Å²) in [6, 6.07) is 6.12. The summed E-state index contributed by atoms with van der Waals surface area (Å²) in [4.78, 5) is 0.213. The summed E-state index contributed by atoms with van der Waals surface area (Å²) in [6.07, 6.45) is 1.49. The first-order valence-corrected chi connectivity index (χ1v) is 7.21. The molecule has 0 fully saturated rings. The molecule has 5 heteroatoms. The zero-order valence-electron chi connectivity index (χ0n) is 10.6. The van der Waals surface area contributed by atoms with E-state index in [0.717, 1.165) is 5.56 Å². The second kappa shape index (κ2) is 6.13. The monoisotopic (exact) mass is 269 g/mol. The van der Waals surface area contributed by atoms with Crippen LogP contribution in [0.3, 0.4) is 0 Å². The molecule has 0 bridgehead atoms. The molecule has 2 N–H and O–H groups in total. The number of aliphatic hydroxyl groups is 1. The van der Waals surface area contributed by atoms with Crippen molar-refractivity contribution < 1.29 is 13.5 Å². The Bertz CT molecular complexity index is 493. The van der Waals surface area contributed by atoms with E-state index >= 15 is 0 Å². The lowest BCUT2D eigenvalue weighted by atomic mass is 10.1. The molecular formula is C13H19NO3S. The summed E-state index contributed by atoms with van der Waals surface area (Å²) in [6.45, 7) is 7.13. The summed E-state index contributed by atoms with van der Waals surface area (Å²) < 4.78 is 26.7. The number of hydrogen-bond acceptors (Lipinski definition) is 3. The number of hydrogen-bond donors (Lipinski definition) is 2. The smallest absolute Gasteiger partial charge is 0.241 e. The normalized spacial score (nSPS) is 15.1. The van der Waals surface area contributed by atoms with Crippen molar-refractivity contribution >= 4 is 10.0 Å². The number of aryl methyl sites for hydroxylation is 1. The molecule has 0 spiro atoms. The van der Waals surface area contributed by atoms with Crippen LogP contribution in [-0.4, -0.2) is 26.2 Å². The number of nitrogens with one attached hydrogen (secondary N) is 1. The summed E-state index contributed by atoms with van der Waals surface area (Å²) in [5.74, 6) is -0.220. The van der Waals surface area contributed by atoms with Crippen molar-refractivity contribution in [2.24, 2.45) is 5.92 Å². The maximum atomic E-state index is 12.1. The first kappa shape index (κ1) is 14.9. The quantitative estimate of drug-likeness (QED) is 0.768. The highest BCUT2D eigenvalue weighted by molar-refractivity contribution is 7.89. The van der Waals surface area contributed by atoms with Gasteiger partial charge in [0.1, 0.15) is 0 Å². The second-order valence-electron chi connectivity index (χ2n) is 4.36. The predicted molar refractivity (Wildman–Crippen MR) is 71.7 cm³/mol. The van der Waals surface area contributed by atoms with E-state index in [0.29, 0.717) is 0 Å². The molecule has 1 aromatic carbocycles. The van der Waals surface area contributed by atoms with Gasteiger partial charge in [-0.25, -0.2) is 13.1 Å². The molecule has 0 radical (unpaired) electrons. The molecule has 0 amide bonds. The first-order valence-electron chi connectivity index (χ1n) is 5.73. The number of aliphatic hydroxyl groups excluding tert-OH is 1. The van der Waals surface area contributed by atoms with Gasteiger partial charge in [-0.1, -0.05) is 30.7 Å². The van der Waals surface area contributed by atoms with Gasteiger partial charge in [-0.15, -0.1) is 6.58 Å². The van der Waals surface area contributed by atoms with E-state index in [9.17, 15) is 8.42 Å². The van der Waals surface area contributed by atoms with Gasteiger partial charge in [-0.3, -0.25) is 0 Å². The zero-order chi connectivity index (χ0) is 13.8. The summed E-state index contributed by atoms with van der Waals surface area (Å²) in [5.41, 5.74) is 0.998. The van der Waals surface area contributed by atoms with Crippen molar-refractivity contribution in [3.63, 3.8) is 0 Å². The van der Waals surface area contributed by atoms with Crippen LogP contribution in [-0.2, 0) is 10.0 Å². The Morgan fingerprint density at radius 2 is 1.94 bits per heavy atom. The Labute approximate surface area is 108 Å². The van der Waals surface area contributed by atoms with Gasteiger partial charge in [-0.2, -0.15) is 0 Å². The molecule has 0 aliphatic rings. The molecule has 18 heavy (non-hydrogen) atoms. The Balaban J connectivity index is 2.93. The molecule has 0 heterocycles. The summed E-state index contributed by atoms with van der Waals surface area (Å²) >= 11 is 0. The summed E-state index contributed by atoms with van der Waals surface area (Å²) in [7, 11) is -3.58. The van der Waals surface area contributed by atoms with Crippen molar-refractivity contribution in [2.45, 2.75) is 24.8 Å². The molecule has 4 nitrogen and oxygen atoms in total. The Hall–Kier alpha value is -1.17. The SMILES string of the molecule is C=C[C@H](NS(=O)(=O)c1ccc(C)cc1)[C@@H](C)CO. The average molecular weight is 269 g/mol. The minimum absolute atomic E-state index is 0.104. The van der Waals surface area contributed by atoms with Gasteiger partial charge >= 0.3 is 0 Å². The predicted octanol–water partition coefficient (Wildman–Crippen LogP) is 1.46. The van der Waals surface area contributed by atoms with Gasteiger partial charge in [0.2, 0.25) is 10.0 Å². The number of sulfonamides is 1. The van der Waals surface area contributed by atoms with E-state index in [1.54, 1.807) is 31.2 Å². The minimum atomic E-state index is -3.58. The van der Waals surface area contributed by atoms with Crippen LogP contribution in [0.15, 0.2) is 41.8 Å². The van der Waals surface area contributed by atoms with E-state index < -0.39 is 16.1 Å². The van der Waals surface area contributed by atoms with E-state index in [4.69, 9.17) is 5.11 Å². The fourth-order valence-corrected chi connectivity index (χ4v) is 2.79. The third-order valence-corrected chi connectivity index (χ3v) is 4.25. The molecule has 0 aliphatic carbocycles. The largest absolute Gasteiger partial charge is 0.396 e. The van der Waals surface area contributed by atoms with Gasteiger partial charge in [0.25, 0.3) is 0 Å².